The van der Waals surface area contributed by atoms with Gasteiger partial charge in [0.05, 0.1) is 0 Å². The average Bonchev–Trinajstić information content (AvgIpc) is 3.22. The highest BCUT2D eigenvalue weighted by Gasteiger charge is 2.30. The standard InChI is InChI=1S/C22H24N4O4/c1-24-9-4-10-26(12-11-24)21(28)16-6-3-5-15(13-16)19-8-7-17(30-19)14-18-20(27)23-22(29)25(18)2/h3,5-8,13-14H,4,9-12H2,1-2H3,(H,23,27,29)/b18-14-. The lowest BCUT2D eigenvalue weighted by atomic mass is 10.1. The number of hydrogen-bond acceptors (Lipinski definition) is 5. The molecule has 8 heteroatoms. The molecule has 4 rings (SSSR count). The van der Waals surface area contributed by atoms with Crippen LogP contribution in [0, 0.1) is 0 Å². The van der Waals surface area contributed by atoms with Gasteiger partial charge in [0.15, 0.2) is 0 Å². The van der Waals surface area contributed by atoms with Gasteiger partial charge >= 0.3 is 6.03 Å². The summed E-state index contributed by atoms with van der Waals surface area (Å²) in [7, 11) is 3.59. The first-order valence-corrected chi connectivity index (χ1v) is 9.91. The van der Waals surface area contributed by atoms with Gasteiger partial charge in [0.2, 0.25) is 0 Å². The summed E-state index contributed by atoms with van der Waals surface area (Å²) in [6.45, 7) is 3.33. The fourth-order valence-corrected chi connectivity index (χ4v) is 3.63. The van der Waals surface area contributed by atoms with Gasteiger partial charge in [-0.05, 0) is 44.3 Å². The third-order valence-electron chi connectivity index (χ3n) is 5.43. The Balaban J connectivity index is 1.54. The van der Waals surface area contributed by atoms with Gasteiger partial charge in [0.25, 0.3) is 11.8 Å². The highest BCUT2D eigenvalue weighted by Crippen LogP contribution is 2.26. The van der Waals surface area contributed by atoms with E-state index in [2.05, 4.69) is 17.3 Å². The molecule has 1 N–H and O–H groups in total. The molecule has 30 heavy (non-hydrogen) atoms. The zero-order chi connectivity index (χ0) is 21.3. The number of benzene rings is 1. The molecular formula is C22H24N4O4. The van der Waals surface area contributed by atoms with E-state index < -0.39 is 11.9 Å². The van der Waals surface area contributed by atoms with E-state index >= 15 is 0 Å². The summed E-state index contributed by atoms with van der Waals surface area (Å²) in [4.78, 5) is 41.8. The Hall–Kier alpha value is -3.39. The van der Waals surface area contributed by atoms with E-state index in [-0.39, 0.29) is 11.6 Å². The molecule has 1 aromatic carbocycles. The van der Waals surface area contributed by atoms with Crippen LogP contribution in [-0.4, -0.2) is 72.8 Å². The summed E-state index contributed by atoms with van der Waals surface area (Å²) in [5.41, 5.74) is 1.61. The van der Waals surface area contributed by atoms with E-state index in [4.69, 9.17) is 4.42 Å². The fourth-order valence-electron chi connectivity index (χ4n) is 3.63. The minimum Gasteiger partial charge on any atom is -0.457 e. The van der Waals surface area contributed by atoms with Crippen LogP contribution in [-0.2, 0) is 4.79 Å². The maximum atomic E-state index is 13.0. The average molecular weight is 408 g/mol. The third-order valence-corrected chi connectivity index (χ3v) is 5.43. The van der Waals surface area contributed by atoms with Gasteiger partial charge in [-0.15, -0.1) is 0 Å². The largest absolute Gasteiger partial charge is 0.457 e. The van der Waals surface area contributed by atoms with Gasteiger partial charge in [0, 0.05) is 43.9 Å². The summed E-state index contributed by atoms with van der Waals surface area (Å²) in [6.07, 6.45) is 2.48. The first-order chi connectivity index (χ1) is 14.4. The molecule has 0 spiro atoms. The first kappa shape index (κ1) is 19.9. The van der Waals surface area contributed by atoms with E-state index in [0.29, 0.717) is 23.6 Å². The number of nitrogens with zero attached hydrogens (tertiary/aromatic N) is 3. The van der Waals surface area contributed by atoms with Crippen LogP contribution < -0.4 is 5.32 Å². The van der Waals surface area contributed by atoms with Crippen molar-refractivity contribution in [2.45, 2.75) is 6.42 Å². The molecule has 0 atom stereocenters. The highest BCUT2D eigenvalue weighted by atomic mass is 16.3. The Morgan fingerprint density at radius 1 is 1.07 bits per heavy atom. The van der Waals surface area contributed by atoms with Crippen LogP contribution in [0.2, 0.25) is 0 Å². The molecule has 0 unspecified atom stereocenters. The number of imide groups is 1. The van der Waals surface area contributed by atoms with Crippen molar-refractivity contribution in [3.8, 4) is 11.3 Å². The smallest absolute Gasteiger partial charge is 0.328 e. The van der Waals surface area contributed by atoms with Crippen molar-refractivity contribution in [2.75, 3.05) is 40.3 Å². The lowest BCUT2D eigenvalue weighted by Crippen LogP contribution is -2.34. The highest BCUT2D eigenvalue weighted by molar-refractivity contribution is 6.13. The number of carbonyl (C=O) groups excluding carboxylic acids is 3. The fraction of sp³-hybridized carbons (Fsp3) is 0.318. The van der Waals surface area contributed by atoms with Crippen molar-refractivity contribution in [1.29, 1.82) is 0 Å². The number of urea groups is 1. The second-order valence-corrected chi connectivity index (χ2v) is 7.58. The summed E-state index contributed by atoms with van der Waals surface area (Å²) >= 11 is 0. The number of amides is 4. The monoisotopic (exact) mass is 408 g/mol. The molecular weight excluding hydrogens is 384 g/mol. The molecule has 2 saturated heterocycles. The maximum Gasteiger partial charge on any atom is 0.328 e. The molecule has 2 aromatic rings. The minimum absolute atomic E-state index is 0.0174. The Labute approximate surface area is 174 Å². The van der Waals surface area contributed by atoms with Crippen molar-refractivity contribution in [3.63, 3.8) is 0 Å². The topological polar surface area (TPSA) is 86.1 Å². The van der Waals surface area contributed by atoms with E-state index in [1.807, 2.05) is 29.2 Å². The molecule has 4 amide bonds. The van der Waals surface area contributed by atoms with Gasteiger partial charge in [-0.2, -0.15) is 0 Å². The lowest BCUT2D eigenvalue weighted by molar-refractivity contribution is -0.115. The van der Waals surface area contributed by atoms with Crippen LogP contribution in [0.5, 0.6) is 0 Å². The van der Waals surface area contributed by atoms with Gasteiger partial charge in [0.1, 0.15) is 17.2 Å². The first-order valence-electron chi connectivity index (χ1n) is 9.91. The van der Waals surface area contributed by atoms with Crippen molar-refractivity contribution >= 4 is 23.9 Å². The van der Waals surface area contributed by atoms with E-state index in [1.54, 1.807) is 12.1 Å². The zero-order valence-corrected chi connectivity index (χ0v) is 17.1. The normalized spacial score (nSPS) is 19.3. The van der Waals surface area contributed by atoms with Gasteiger partial charge in [-0.25, -0.2) is 4.79 Å². The number of carbonyl (C=O) groups is 3. The molecule has 8 nitrogen and oxygen atoms in total. The van der Waals surface area contributed by atoms with Crippen LogP contribution >= 0.6 is 0 Å². The summed E-state index contributed by atoms with van der Waals surface area (Å²) in [5, 5.41) is 2.23. The summed E-state index contributed by atoms with van der Waals surface area (Å²) in [5.74, 6) is 0.586. The van der Waals surface area contributed by atoms with E-state index in [9.17, 15) is 14.4 Å². The van der Waals surface area contributed by atoms with Crippen molar-refractivity contribution in [2.24, 2.45) is 0 Å². The Bertz CT molecular complexity index is 1030. The van der Waals surface area contributed by atoms with Crippen molar-refractivity contribution in [3.05, 3.63) is 53.4 Å². The summed E-state index contributed by atoms with van der Waals surface area (Å²) < 4.78 is 5.85. The number of nitrogens with one attached hydrogen (secondary N) is 1. The van der Waals surface area contributed by atoms with Crippen LogP contribution in [0.1, 0.15) is 22.5 Å². The molecule has 156 valence electrons. The number of rotatable bonds is 3. The number of hydrogen-bond donors (Lipinski definition) is 1. The number of furan rings is 1. The molecule has 1 aromatic heterocycles. The Morgan fingerprint density at radius 2 is 1.90 bits per heavy atom. The van der Waals surface area contributed by atoms with Crippen molar-refractivity contribution < 1.29 is 18.8 Å². The van der Waals surface area contributed by atoms with Crippen LogP contribution in [0.15, 0.2) is 46.5 Å². The molecule has 2 aliphatic heterocycles. The van der Waals surface area contributed by atoms with Crippen LogP contribution in [0.25, 0.3) is 17.4 Å². The molecule has 0 aliphatic carbocycles. The predicted octanol–water partition coefficient (Wildman–Crippen LogP) is 2.25. The molecule has 2 aliphatic rings. The van der Waals surface area contributed by atoms with Crippen LogP contribution in [0.4, 0.5) is 4.79 Å². The zero-order valence-electron chi connectivity index (χ0n) is 17.1. The third kappa shape index (κ3) is 3.99. The molecule has 0 saturated carbocycles. The Morgan fingerprint density at radius 3 is 2.67 bits per heavy atom. The Kier molecular flexibility index (Phi) is 5.41. The quantitative estimate of drug-likeness (QED) is 0.622. The van der Waals surface area contributed by atoms with Crippen molar-refractivity contribution in [1.82, 2.24) is 20.0 Å². The molecule has 2 fully saturated rings. The predicted molar refractivity (Wildman–Crippen MR) is 111 cm³/mol. The molecule has 3 heterocycles. The summed E-state index contributed by atoms with van der Waals surface area (Å²) in [6, 6.07) is 10.4. The van der Waals surface area contributed by atoms with Gasteiger partial charge < -0.3 is 14.2 Å². The van der Waals surface area contributed by atoms with Crippen LogP contribution in [0.3, 0.4) is 0 Å². The lowest BCUT2D eigenvalue weighted by Gasteiger charge is -2.20. The van der Waals surface area contributed by atoms with Gasteiger partial charge in [-0.1, -0.05) is 12.1 Å². The second-order valence-electron chi connectivity index (χ2n) is 7.58. The second kappa shape index (κ2) is 8.16. The SMILES string of the molecule is CN1CCCN(C(=O)c2cccc(-c3ccc(/C=C4/C(=O)NC(=O)N4C)o3)c2)CC1. The molecule has 0 bridgehead atoms. The number of likely N-dealkylation sites (N-methyl/N-ethyl adjacent to an activating group) is 2. The van der Waals surface area contributed by atoms with E-state index in [0.717, 1.165) is 31.6 Å². The van der Waals surface area contributed by atoms with Gasteiger partial charge in [-0.3, -0.25) is 19.8 Å². The maximum absolute atomic E-state index is 13.0. The minimum atomic E-state index is -0.469. The molecule has 0 radical (unpaired) electrons. The van der Waals surface area contributed by atoms with E-state index in [1.165, 1.54) is 18.0 Å².